The van der Waals surface area contributed by atoms with Crippen molar-refractivity contribution < 1.29 is 0 Å². The lowest BCUT2D eigenvalue weighted by Crippen LogP contribution is -2.04. The predicted octanol–water partition coefficient (Wildman–Crippen LogP) is 9.36. The molecule has 0 atom stereocenters. The smallest absolute Gasteiger partial charge is 0.206 e. The van der Waals surface area contributed by atoms with E-state index in [2.05, 4.69) is 94.0 Å². The van der Waals surface area contributed by atoms with Crippen LogP contribution in [-0.4, -0.2) is 18.8 Å². The first kappa shape index (κ1) is 31.0. The molecule has 6 nitrogen and oxygen atoms in total. The molecule has 0 saturated carbocycles. The van der Waals surface area contributed by atoms with E-state index < -0.39 is 0 Å². The first-order valence-corrected chi connectivity index (χ1v) is 16.4. The van der Waals surface area contributed by atoms with E-state index in [-0.39, 0.29) is 10.9 Å². The molecule has 6 aromatic heterocycles. The molecule has 2 aromatic carbocycles. The van der Waals surface area contributed by atoms with Gasteiger partial charge in [0, 0.05) is 47.0 Å². The third-order valence-electron chi connectivity index (χ3n) is 9.34. The van der Waals surface area contributed by atoms with Gasteiger partial charge < -0.3 is 18.8 Å². The summed E-state index contributed by atoms with van der Waals surface area (Å²) in [6.45, 7) is 16.7. The highest BCUT2D eigenvalue weighted by Crippen LogP contribution is 2.38. The summed E-state index contributed by atoms with van der Waals surface area (Å²) in [4.78, 5) is 31.9. The number of fused-ring (bicyclic) bond motifs is 6. The maximum atomic E-state index is 12.6. The molecule has 0 aliphatic rings. The van der Waals surface area contributed by atoms with Crippen LogP contribution in [0.3, 0.4) is 0 Å². The fraction of sp³-hybridized carbons (Fsp3) is 0.190. The number of aromatic nitrogens is 4. The Morgan fingerprint density at radius 1 is 0.500 bits per heavy atom. The standard InChI is InChI=1S/2C21H20N2O/c1-12-8-13(2)20(14(3)9-12)16-6-5-7-23-18(16)11-17-21(23)19(24)10-15(4)22-17;1-12-9-13(2)18(14(3)10-12)19-16-7-5-6-8-23(16)21-17(24)11-15(4)22-20(19)21/h2*5-11H,1-4H3,(H,22,24). The van der Waals surface area contributed by atoms with Crippen molar-refractivity contribution in [1.29, 1.82) is 0 Å². The van der Waals surface area contributed by atoms with E-state index in [1.165, 1.54) is 44.5 Å². The molecular formula is C42H40N4O2. The zero-order valence-electron chi connectivity index (χ0n) is 28.8. The molecule has 240 valence electrons. The van der Waals surface area contributed by atoms with Crippen LogP contribution in [0.2, 0.25) is 0 Å². The van der Waals surface area contributed by atoms with Crippen molar-refractivity contribution in [2.24, 2.45) is 0 Å². The molecule has 48 heavy (non-hydrogen) atoms. The second-order valence-electron chi connectivity index (χ2n) is 13.3. The Bertz CT molecular complexity index is 2650. The van der Waals surface area contributed by atoms with E-state index in [1.54, 1.807) is 12.1 Å². The number of aromatic amines is 2. The lowest BCUT2D eigenvalue weighted by Gasteiger charge is -2.13. The van der Waals surface area contributed by atoms with Crippen LogP contribution in [0.5, 0.6) is 0 Å². The molecule has 6 heteroatoms. The first-order chi connectivity index (χ1) is 22.9. The van der Waals surface area contributed by atoms with Crippen LogP contribution < -0.4 is 10.9 Å². The minimum atomic E-state index is 0.0516. The minimum Gasteiger partial charge on any atom is -0.357 e. The maximum absolute atomic E-state index is 12.6. The van der Waals surface area contributed by atoms with Gasteiger partial charge in [-0.05, 0) is 113 Å². The van der Waals surface area contributed by atoms with E-state index in [9.17, 15) is 9.59 Å². The minimum absolute atomic E-state index is 0.0516. The monoisotopic (exact) mass is 632 g/mol. The van der Waals surface area contributed by atoms with Crippen LogP contribution in [0.25, 0.3) is 55.4 Å². The summed E-state index contributed by atoms with van der Waals surface area (Å²) in [6, 6.07) is 24.4. The molecule has 0 saturated heterocycles. The third kappa shape index (κ3) is 5.05. The molecule has 2 N–H and O–H groups in total. The zero-order chi connectivity index (χ0) is 34.0. The van der Waals surface area contributed by atoms with E-state index in [0.29, 0.717) is 11.0 Å². The molecule has 0 bridgehead atoms. The Balaban J connectivity index is 0.000000152. The van der Waals surface area contributed by atoms with Crippen molar-refractivity contribution in [3.05, 3.63) is 150 Å². The average molecular weight is 633 g/mol. The Kier molecular flexibility index (Phi) is 7.47. The van der Waals surface area contributed by atoms with Gasteiger partial charge in [0.25, 0.3) is 0 Å². The van der Waals surface area contributed by atoms with Gasteiger partial charge in [0.1, 0.15) is 11.0 Å². The number of H-pyrrole nitrogens is 2. The Hall–Kier alpha value is -5.62. The second kappa shape index (κ2) is 11.6. The summed E-state index contributed by atoms with van der Waals surface area (Å²) < 4.78 is 4.00. The van der Waals surface area contributed by atoms with Crippen LogP contribution in [0.4, 0.5) is 0 Å². The largest absolute Gasteiger partial charge is 0.357 e. The van der Waals surface area contributed by atoms with E-state index in [4.69, 9.17) is 0 Å². The van der Waals surface area contributed by atoms with Gasteiger partial charge in [0.2, 0.25) is 10.9 Å². The summed E-state index contributed by atoms with van der Waals surface area (Å²) in [5, 5.41) is 0. The van der Waals surface area contributed by atoms with Crippen molar-refractivity contribution in [3.63, 3.8) is 0 Å². The molecule has 0 aliphatic carbocycles. The molecule has 6 heterocycles. The molecule has 8 rings (SSSR count). The maximum Gasteiger partial charge on any atom is 0.206 e. The number of hydrogen-bond acceptors (Lipinski definition) is 2. The Labute approximate surface area is 279 Å². The fourth-order valence-electron chi connectivity index (χ4n) is 7.77. The number of nitrogens with zero attached hydrogens (tertiary/aromatic N) is 2. The van der Waals surface area contributed by atoms with Crippen LogP contribution in [0.15, 0.2) is 94.8 Å². The van der Waals surface area contributed by atoms with Gasteiger partial charge in [-0.3, -0.25) is 9.59 Å². The normalized spacial score (nSPS) is 11.5. The number of pyridine rings is 4. The third-order valence-corrected chi connectivity index (χ3v) is 9.34. The van der Waals surface area contributed by atoms with Crippen LogP contribution in [-0.2, 0) is 0 Å². The van der Waals surface area contributed by atoms with Gasteiger partial charge >= 0.3 is 0 Å². The molecule has 0 fully saturated rings. The number of nitrogens with one attached hydrogen (secondary N) is 2. The Morgan fingerprint density at radius 3 is 1.69 bits per heavy atom. The van der Waals surface area contributed by atoms with Crippen LogP contribution in [0, 0.1) is 55.4 Å². The Morgan fingerprint density at radius 2 is 1.04 bits per heavy atom. The predicted molar refractivity (Wildman–Crippen MR) is 200 cm³/mol. The van der Waals surface area contributed by atoms with Crippen molar-refractivity contribution in [2.75, 3.05) is 0 Å². The van der Waals surface area contributed by atoms with Crippen molar-refractivity contribution in [2.45, 2.75) is 55.4 Å². The molecule has 0 aliphatic heterocycles. The van der Waals surface area contributed by atoms with E-state index >= 15 is 0 Å². The zero-order valence-corrected chi connectivity index (χ0v) is 28.8. The molecule has 8 aromatic rings. The van der Waals surface area contributed by atoms with Gasteiger partial charge in [-0.25, -0.2) is 0 Å². The lowest BCUT2D eigenvalue weighted by atomic mass is 9.93. The van der Waals surface area contributed by atoms with Gasteiger partial charge in [-0.2, -0.15) is 0 Å². The highest BCUT2D eigenvalue weighted by Gasteiger charge is 2.20. The lowest BCUT2D eigenvalue weighted by molar-refractivity contribution is 1.20. The van der Waals surface area contributed by atoms with Crippen molar-refractivity contribution in [3.8, 4) is 22.3 Å². The molecule has 0 unspecified atom stereocenters. The average Bonchev–Trinajstić information content (AvgIpc) is 3.53. The number of aryl methyl sites for hydroxylation is 8. The van der Waals surface area contributed by atoms with E-state index in [0.717, 1.165) is 44.6 Å². The molecule has 0 radical (unpaired) electrons. The van der Waals surface area contributed by atoms with Crippen LogP contribution in [0.1, 0.15) is 44.8 Å². The quantitative estimate of drug-likeness (QED) is 0.199. The SMILES string of the molecule is Cc1cc(C)c(-c2c3[nH]c(C)cc(=O)c3n3ccccc23)c(C)c1.Cc1cc(C)c(-c2cccn3c2cc2[nH]c(C)cc(=O)c23)c(C)c1. The second-order valence-corrected chi connectivity index (χ2v) is 13.3. The number of rotatable bonds is 2. The summed E-state index contributed by atoms with van der Waals surface area (Å²) in [6.07, 6.45) is 3.93. The highest BCUT2D eigenvalue weighted by atomic mass is 16.1. The van der Waals surface area contributed by atoms with Crippen molar-refractivity contribution >= 4 is 33.1 Å². The molecule has 0 amide bonds. The topological polar surface area (TPSA) is 74.5 Å². The summed E-state index contributed by atoms with van der Waals surface area (Å²) in [7, 11) is 0. The van der Waals surface area contributed by atoms with Gasteiger partial charge in [0.15, 0.2) is 0 Å². The van der Waals surface area contributed by atoms with Gasteiger partial charge in [-0.1, -0.05) is 47.5 Å². The summed E-state index contributed by atoms with van der Waals surface area (Å²) in [5.74, 6) is 0. The fourth-order valence-corrected chi connectivity index (χ4v) is 7.77. The number of hydrogen-bond donors (Lipinski definition) is 2. The highest BCUT2D eigenvalue weighted by molar-refractivity contribution is 6.05. The first-order valence-electron chi connectivity index (χ1n) is 16.4. The summed E-state index contributed by atoms with van der Waals surface area (Å²) >= 11 is 0. The number of benzene rings is 2. The van der Waals surface area contributed by atoms with Crippen LogP contribution >= 0.6 is 0 Å². The van der Waals surface area contributed by atoms with Crippen molar-refractivity contribution in [1.82, 2.24) is 18.8 Å². The van der Waals surface area contributed by atoms with Gasteiger partial charge in [0.05, 0.1) is 22.1 Å². The molecular weight excluding hydrogens is 592 g/mol. The van der Waals surface area contributed by atoms with Gasteiger partial charge in [-0.15, -0.1) is 0 Å². The molecule has 0 spiro atoms. The van der Waals surface area contributed by atoms with E-state index in [1.807, 2.05) is 53.2 Å². The summed E-state index contributed by atoms with van der Waals surface area (Å²) in [5.41, 5.74) is 19.4.